The molecule has 1 aliphatic heterocycles. The number of anilines is 1. The minimum atomic E-state index is -0.295. The summed E-state index contributed by atoms with van der Waals surface area (Å²) in [7, 11) is 0. The van der Waals surface area contributed by atoms with Crippen LogP contribution < -0.4 is 15.8 Å². The fourth-order valence-electron chi connectivity index (χ4n) is 4.25. The lowest BCUT2D eigenvalue weighted by molar-refractivity contribution is -0.116. The van der Waals surface area contributed by atoms with E-state index in [9.17, 15) is 9.59 Å². The molecule has 0 aromatic heterocycles. The van der Waals surface area contributed by atoms with E-state index in [1.165, 1.54) is 68.5 Å². The number of hydrogen-bond donors (Lipinski definition) is 2. The van der Waals surface area contributed by atoms with Crippen LogP contribution in [0.25, 0.3) is 0 Å². The Balaban J connectivity index is 1.50. The van der Waals surface area contributed by atoms with Crippen LogP contribution in [0.4, 0.5) is 11.4 Å². The summed E-state index contributed by atoms with van der Waals surface area (Å²) in [5.74, 6) is -0.130. The molecule has 0 bridgehead atoms. The molecule has 2 aromatic carbocycles. The van der Waals surface area contributed by atoms with E-state index in [0.717, 1.165) is 12.8 Å². The summed E-state index contributed by atoms with van der Waals surface area (Å²) in [4.78, 5) is 29.8. The SMILES string of the molecule is CCCCCCCCCCCCNC(=O)c1ccc(Cl)c(N=C2CC(=O)N(c3c(Cl)cc(Cl)cc3Cl)N2)c1. The number of nitrogens with one attached hydrogen (secondary N) is 2. The predicted octanol–water partition coefficient (Wildman–Crippen LogP) is 8.92. The summed E-state index contributed by atoms with van der Waals surface area (Å²) in [5.41, 5.74) is 4.04. The molecule has 1 heterocycles. The van der Waals surface area contributed by atoms with Crippen molar-refractivity contribution in [2.45, 2.75) is 77.6 Å². The van der Waals surface area contributed by atoms with Crippen molar-refractivity contribution in [1.82, 2.24) is 10.7 Å². The van der Waals surface area contributed by atoms with Gasteiger partial charge >= 0.3 is 0 Å². The smallest absolute Gasteiger partial charge is 0.253 e. The number of halogens is 4. The Morgan fingerprint density at radius 3 is 2.13 bits per heavy atom. The largest absolute Gasteiger partial charge is 0.352 e. The minimum Gasteiger partial charge on any atom is -0.352 e. The lowest BCUT2D eigenvalue weighted by atomic mass is 10.1. The number of carbonyl (C=O) groups excluding carboxylic acids is 2. The third-order valence-electron chi connectivity index (χ3n) is 6.29. The van der Waals surface area contributed by atoms with Crippen molar-refractivity contribution in [3.63, 3.8) is 0 Å². The lowest BCUT2D eigenvalue weighted by Gasteiger charge is -2.19. The molecule has 0 atom stereocenters. The Kier molecular flexibility index (Phi) is 12.5. The molecule has 2 aromatic rings. The fraction of sp³-hybridized carbons (Fsp3) is 0.464. The van der Waals surface area contributed by atoms with Gasteiger partial charge in [-0.3, -0.25) is 15.0 Å². The second-order valence-corrected chi connectivity index (χ2v) is 11.1. The molecule has 1 aliphatic rings. The summed E-state index contributed by atoms with van der Waals surface area (Å²) in [6.45, 7) is 2.86. The number of nitrogens with zero attached hydrogens (tertiary/aromatic N) is 2. The van der Waals surface area contributed by atoms with Crippen molar-refractivity contribution in [2.24, 2.45) is 4.99 Å². The summed E-state index contributed by atoms with van der Waals surface area (Å²) in [6, 6.07) is 7.90. The molecule has 1 fully saturated rings. The van der Waals surface area contributed by atoms with Crippen LogP contribution in [-0.4, -0.2) is 24.2 Å². The van der Waals surface area contributed by atoms with E-state index in [-0.39, 0.29) is 28.3 Å². The fourth-order valence-corrected chi connectivity index (χ4v) is 5.39. The first kappa shape index (κ1) is 30.6. The van der Waals surface area contributed by atoms with Gasteiger partial charge in [-0.25, -0.2) is 10.0 Å². The van der Waals surface area contributed by atoms with Crippen LogP contribution in [0.5, 0.6) is 0 Å². The maximum atomic E-state index is 12.7. The van der Waals surface area contributed by atoms with Gasteiger partial charge in [-0.1, -0.05) is 111 Å². The van der Waals surface area contributed by atoms with Crippen LogP contribution in [0.3, 0.4) is 0 Å². The highest BCUT2D eigenvalue weighted by Gasteiger charge is 2.30. The number of hydrogen-bond acceptors (Lipinski definition) is 3. The van der Waals surface area contributed by atoms with E-state index in [1.54, 1.807) is 18.2 Å². The maximum absolute atomic E-state index is 12.7. The van der Waals surface area contributed by atoms with E-state index in [2.05, 4.69) is 22.7 Å². The van der Waals surface area contributed by atoms with Crippen molar-refractivity contribution in [2.75, 3.05) is 11.6 Å². The number of amidine groups is 1. The Bertz CT molecular complexity index is 1130. The highest BCUT2D eigenvalue weighted by Crippen LogP contribution is 2.37. The highest BCUT2D eigenvalue weighted by molar-refractivity contribution is 6.42. The number of aliphatic imine (C=N–C) groups is 1. The maximum Gasteiger partial charge on any atom is 0.253 e. The van der Waals surface area contributed by atoms with Crippen molar-refractivity contribution in [3.8, 4) is 0 Å². The molecule has 1 saturated heterocycles. The normalized spacial score (nSPS) is 14.3. The van der Waals surface area contributed by atoms with E-state index < -0.39 is 0 Å². The van der Waals surface area contributed by atoms with Crippen LogP contribution in [-0.2, 0) is 4.79 Å². The number of unbranched alkanes of at least 4 members (excludes halogenated alkanes) is 9. The number of hydrazine groups is 1. The Hall–Kier alpha value is -1.99. The van der Waals surface area contributed by atoms with E-state index >= 15 is 0 Å². The zero-order valence-corrected chi connectivity index (χ0v) is 24.6. The van der Waals surface area contributed by atoms with E-state index in [4.69, 9.17) is 46.4 Å². The van der Waals surface area contributed by atoms with Crippen LogP contribution in [0.1, 0.15) is 87.9 Å². The van der Waals surface area contributed by atoms with Crippen LogP contribution in [0.2, 0.25) is 20.1 Å². The summed E-state index contributed by atoms with van der Waals surface area (Å²) in [6.07, 6.45) is 12.4. The molecule has 2 N–H and O–H groups in total. The second kappa shape index (κ2) is 15.6. The molecule has 6 nitrogen and oxygen atoms in total. The van der Waals surface area contributed by atoms with Crippen molar-refractivity contribution in [3.05, 3.63) is 56.0 Å². The van der Waals surface area contributed by atoms with Gasteiger partial charge in [0.25, 0.3) is 11.8 Å². The highest BCUT2D eigenvalue weighted by atomic mass is 35.5. The second-order valence-electron chi connectivity index (χ2n) is 9.40. The average Bonchev–Trinajstić information content (AvgIpc) is 3.22. The average molecular weight is 600 g/mol. The molecule has 0 aliphatic carbocycles. The zero-order chi connectivity index (χ0) is 27.5. The lowest BCUT2D eigenvalue weighted by Crippen LogP contribution is -2.36. The van der Waals surface area contributed by atoms with Gasteiger partial charge in [0, 0.05) is 17.1 Å². The van der Waals surface area contributed by atoms with Gasteiger partial charge in [-0.05, 0) is 36.8 Å². The van der Waals surface area contributed by atoms with E-state index in [1.807, 2.05) is 0 Å². The Labute approximate surface area is 245 Å². The van der Waals surface area contributed by atoms with Crippen molar-refractivity contribution < 1.29 is 9.59 Å². The first-order valence-electron chi connectivity index (χ1n) is 13.2. The van der Waals surface area contributed by atoms with Crippen molar-refractivity contribution >= 4 is 75.4 Å². The van der Waals surface area contributed by atoms with Crippen molar-refractivity contribution in [1.29, 1.82) is 0 Å². The Morgan fingerprint density at radius 1 is 0.895 bits per heavy atom. The quantitative estimate of drug-likeness (QED) is 0.213. The van der Waals surface area contributed by atoms with Gasteiger partial charge in [0.2, 0.25) is 0 Å². The monoisotopic (exact) mass is 598 g/mol. The first-order chi connectivity index (χ1) is 18.3. The molecule has 10 heteroatoms. The van der Waals surface area contributed by atoms with Gasteiger partial charge in [-0.15, -0.1) is 0 Å². The van der Waals surface area contributed by atoms with Gasteiger partial charge in [-0.2, -0.15) is 0 Å². The summed E-state index contributed by atoms with van der Waals surface area (Å²) < 4.78 is 0. The third kappa shape index (κ3) is 9.04. The molecule has 3 rings (SSSR count). The van der Waals surface area contributed by atoms with Gasteiger partial charge in [0.1, 0.15) is 11.5 Å². The van der Waals surface area contributed by atoms with Gasteiger partial charge < -0.3 is 5.32 Å². The molecule has 206 valence electrons. The molecule has 0 unspecified atom stereocenters. The molecule has 0 radical (unpaired) electrons. The number of carbonyl (C=O) groups is 2. The molecule has 0 saturated carbocycles. The van der Waals surface area contributed by atoms with Crippen LogP contribution in [0.15, 0.2) is 35.3 Å². The zero-order valence-electron chi connectivity index (χ0n) is 21.6. The van der Waals surface area contributed by atoms with E-state index in [0.29, 0.717) is 39.4 Å². The number of benzene rings is 2. The standard InChI is InChI=1S/C28H34Cl4N4O2/c1-2-3-4-5-6-7-8-9-10-11-14-33-28(38)19-12-13-21(30)24(15-19)34-25-18-26(37)36(35-25)27-22(31)16-20(29)17-23(27)32/h12-13,15-17H,2-11,14,18H2,1H3,(H,33,38)(H,34,35). The number of rotatable bonds is 14. The molecule has 0 spiro atoms. The summed E-state index contributed by atoms with van der Waals surface area (Å²) in [5, 5.41) is 5.37. The van der Waals surface area contributed by atoms with Crippen LogP contribution in [0, 0.1) is 0 Å². The minimum absolute atomic E-state index is 0.0131. The predicted molar refractivity (Wildman–Crippen MR) is 159 cm³/mol. The molecular formula is C28H34Cl4N4O2. The molecule has 2 amide bonds. The topological polar surface area (TPSA) is 73.8 Å². The molecule has 38 heavy (non-hydrogen) atoms. The molecular weight excluding hydrogens is 566 g/mol. The Morgan fingerprint density at radius 2 is 1.50 bits per heavy atom. The van der Waals surface area contributed by atoms with Gasteiger partial charge in [0.05, 0.1) is 27.2 Å². The van der Waals surface area contributed by atoms with Gasteiger partial charge in [0.15, 0.2) is 0 Å². The summed E-state index contributed by atoms with van der Waals surface area (Å²) >= 11 is 24.8. The third-order valence-corrected chi connectivity index (χ3v) is 7.41. The number of amides is 2. The first-order valence-corrected chi connectivity index (χ1v) is 14.7. The van der Waals surface area contributed by atoms with Crippen LogP contribution >= 0.6 is 46.4 Å².